The van der Waals surface area contributed by atoms with E-state index in [1.807, 2.05) is 11.8 Å². The normalized spacial score (nSPS) is 19.1. The first-order chi connectivity index (χ1) is 10.4. The molecular formula is C15H19F3N2O2. The number of carbonyl (C=O) groups excluding carboxylic acids is 1. The first-order valence-electron chi connectivity index (χ1n) is 7.37. The average molecular weight is 316 g/mol. The number of halogens is 3. The van der Waals surface area contributed by atoms with Gasteiger partial charge < -0.3 is 9.64 Å². The number of rotatable bonds is 4. The van der Waals surface area contributed by atoms with E-state index in [2.05, 4.69) is 9.72 Å². The Morgan fingerprint density at radius 2 is 2.18 bits per heavy atom. The van der Waals surface area contributed by atoms with Crippen LogP contribution in [0.2, 0.25) is 0 Å². The van der Waals surface area contributed by atoms with E-state index in [0.717, 1.165) is 25.7 Å². The summed E-state index contributed by atoms with van der Waals surface area (Å²) >= 11 is 0. The fraction of sp³-hybridized carbons (Fsp3) is 0.600. The molecule has 1 aromatic heterocycles. The van der Waals surface area contributed by atoms with Gasteiger partial charge in [0.25, 0.3) is 5.91 Å². The second kappa shape index (κ2) is 6.98. The van der Waals surface area contributed by atoms with Crippen molar-refractivity contribution in [2.45, 2.75) is 44.8 Å². The zero-order valence-corrected chi connectivity index (χ0v) is 12.4. The first-order valence-corrected chi connectivity index (χ1v) is 7.37. The smallest absolute Gasteiger partial charge is 0.422 e. The summed E-state index contributed by atoms with van der Waals surface area (Å²) in [6.07, 6.45) is 0.843. The molecule has 4 nitrogen and oxygen atoms in total. The number of piperidine rings is 1. The second-order valence-electron chi connectivity index (χ2n) is 5.35. The molecule has 1 atom stereocenters. The maximum Gasteiger partial charge on any atom is 0.422 e. The molecule has 0 N–H and O–H groups in total. The number of ether oxygens (including phenoxy) is 1. The predicted octanol–water partition coefficient (Wildman–Crippen LogP) is 3.43. The third-order valence-electron chi connectivity index (χ3n) is 3.73. The Morgan fingerprint density at radius 3 is 2.77 bits per heavy atom. The molecule has 7 heteroatoms. The van der Waals surface area contributed by atoms with Gasteiger partial charge >= 0.3 is 6.18 Å². The summed E-state index contributed by atoms with van der Waals surface area (Å²) in [7, 11) is 0. The number of pyridine rings is 1. The lowest BCUT2D eigenvalue weighted by atomic mass is 9.99. The van der Waals surface area contributed by atoms with E-state index in [-0.39, 0.29) is 17.8 Å². The van der Waals surface area contributed by atoms with Crippen molar-refractivity contribution < 1.29 is 22.7 Å². The number of nitrogens with zero attached hydrogens (tertiary/aromatic N) is 2. The Bertz CT molecular complexity index is 503. The monoisotopic (exact) mass is 316 g/mol. The zero-order chi connectivity index (χ0) is 16.2. The van der Waals surface area contributed by atoms with Crippen molar-refractivity contribution >= 4 is 5.91 Å². The van der Waals surface area contributed by atoms with Crippen LogP contribution in [0.5, 0.6) is 5.88 Å². The summed E-state index contributed by atoms with van der Waals surface area (Å²) in [5, 5.41) is 0. The fourth-order valence-electron chi connectivity index (χ4n) is 2.61. The molecule has 22 heavy (non-hydrogen) atoms. The maximum absolute atomic E-state index is 12.5. The van der Waals surface area contributed by atoms with Crippen LogP contribution in [0.1, 0.15) is 43.0 Å². The molecule has 1 aliphatic rings. The van der Waals surface area contributed by atoms with Gasteiger partial charge in [-0.3, -0.25) is 4.79 Å². The van der Waals surface area contributed by atoms with E-state index in [1.165, 1.54) is 18.3 Å². The molecule has 122 valence electrons. The Balaban J connectivity index is 2.01. The molecule has 2 heterocycles. The Morgan fingerprint density at radius 1 is 1.41 bits per heavy atom. The molecule has 0 aromatic carbocycles. The number of hydrogen-bond donors (Lipinski definition) is 0. The lowest BCUT2D eigenvalue weighted by Gasteiger charge is -2.35. The molecule has 2 rings (SSSR count). The SMILES string of the molecule is CCC1CCCCN1C(=O)c1ccc(OCC(F)(F)F)nc1. The van der Waals surface area contributed by atoms with Crippen LogP contribution in [0.25, 0.3) is 0 Å². The van der Waals surface area contributed by atoms with Gasteiger partial charge in [0, 0.05) is 24.8 Å². The third kappa shape index (κ3) is 4.35. The number of amides is 1. The molecule has 0 saturated carbocycles. The van der Waals surface area contributed by atoms with Crippen LogP contribution in [0, 0.1) is 0 Å². The van der Waals surface area contributed by atoms with E-state index in [1.54, 1.807) is 0 Å². The van der Waals surface area contributed by atoms with Crippen LogP contribution in [0.3, 0.4) is 0 Å². The molecule has 0 spiro atoms. The van der Waals surface area contributed by atoms with Crippen LogP contribution in [-0.2, 0) is 0 Å². The summed E-state index contributed by atoms with van der Waals surface area (Å²) in [5.74, 6) is -0.263. The van der Waals surface area contributed by atoms with E-state index < -0.39 is 12.8 Å². The van der Waals surface area contributed by atoms with Gasteiger partial charge in [-0.25, -0.2) is 4.98 Å². The topological polar surface area (TPSA) is 42.4 Å². The summed E-state index contributed by atoms with van der Waals surface area (Å²) in [4.78, 5) is 18.1. The van der Waals surface area contributed by atoms with Crippen molar-refractivity contribution in [3.8, 4) is 5.88 Å². The van der Waals surface area contributed by atoms with Gasteiger partial charge in [0.1, 0.15) is 0 Å². The molecule has 1 amide bonds. The summed E-state index contributed by atoms with van der Waals surface area (Å²) in [6.45, 7) is 1.36. The van der Waals surface area contributed by atoms with Gasteiger partial charge in [0.2, 0.25) is 5.88 Å². The fourth-order valence-corrected chi connectivity index (χ4v) is 2.61. The lowest BCUT2D eigenvalue weighted by molar-refractivity contribution is -0.154. The van der Waals surface area contributed by atoms with Gasteiger partial charge in [-0.1, -0.05) is 6.92 Å². The Labute approximate surface area is 127 Å². The van der Waals surface area contributed by atoms with Crippen molar-refractivity contribution in [3.05, 3.63) is 23.9 Å². The molecular weight excluding hydrogens is 297 g/mol. The highest BCUT2D eigenvalue weighted by molar-refractivity contribution is 5.94. The minimum absolute atomic E-state index is 0.124. The average Bonchev–Trinajstić information content (AvgIpc) is 2.52. The molecule has 0 aliphatic carbocycles. The molecule has 1 fully saturated rings. The van der Waals surface area contributed by atoms with Crippen LogP contribution in [0.15, 0.2) is 18.3 Å². The van der Waals surface area contributed by atoms with Crippen molar-refractivity contribution in [2.24, 2.45) is 0 Å². The third-order valence-corrected chi connectivity index (χ3v) is 3.73. The summed E-state index contributed by atoms with van der Waals surface area (Å²) in [6, 6.07) is 2.98. The molecule has 1 aromatic rings. The minimum atomic E-state index is -4.40. The molecule has 0 bridgehead atoms. The number of hydrogen-bond acceptors (Lipinski definition) is 3. The van der Waals surface area contributed by atoms with Crippen molar-refractivity contribution in [3.63, 3.8) is 0 Å². The summed E-state index contributed by atoms with van der Waals surface area (Å²) in [5.41, 5.74) is 0.375. The first kappa shape index (κ1) is 16.6. The largest absolute Gasteiger partial charge is 0.468 e. The highest BCUT2D eigenvalue weighted by Crippen LogP contribution is 2.22. The van der Waals surface area contributed by atoms with Gasteiger partial charge in [-0.2, -0.15) is 13.2 Å². The number of carbonyl (C=O) groups is 1. The van der Waals surface area contributed by atoms with E-state index in [9.17, 15) is 18.0 Å². The van der Waals surface area contributed by atoms with Crippen LogP contribution in [-0.4, -0.2) is 41.2 Å². The molecule has 1 unspecified atom stereocenters. The molecule has 1 saturated heterocycles. The van der Waals surface area contributed by atoms with Gasteiger partial charge in [-0.15, -0.1) is 0 Å². The zero-order valence-electron chi connectivity index (χ0n) is 12.4. The summed E-state index contributed by atoms with van der Waals surface area (Å²) < 4.78 is 40.7. The lowest BCUT2D eigenvalue weighted by Crippen LogP contribution is -2.43. The Hall–Kier alpha value is -1.79. The molecule has 1 aliphatic heterocycles. The van der Waals surface area contributed by atoms with Crippen molar-refractivity contribution in [1.82, 2.24) is 9.88 Å². The quantitative estimate of drug-likeness (QED) is 0.854. The number of aromatic nitrogens is 1. The van der Waals surface area contributed by atoms with Crippen LogP contribution >= 0.6 is 0 Å². The van der Waals surface area contributed by atoms with Crippen molar-refractivity contribution in [2.75, 3.05) is 13.2 Å². The highest BCUT2D eigenvalue weighted by atomic mass is 19.4. The van der Waals surface area contributed by atoms with Crippen molar-refractivity contribution in [1.29, 1.82) is 0 Å². The second-order valence-corrected chi connectivity index (χ2v) is 5.35. The number of likely N-dealkylation sites (tertiary alicyclic amines) is 1. The Kier molecular flexibility index (Phi) is 5.26. The predicted molar refractivity (Wildman–Crippen MR) is 74.8 cm³/mol. The number of alkyl halides is 3. The van der Waals surface area contributed by atoms with E-state index >= 15 is 0 Å². The molecule has 0 radical (unpaired) electrons. The minimum Gasteiger partial charge on any atom is -0.468 e. The van der Waals surface area contributed by atoms with Gasteiger partial charge in [0.15, 0.2) is 6.61 Å². The standard InChI is InChI=1S/C15H19F3N2O2/c1-2-12-5-3-4-8-20(12)14(21)11-6-7-13(19-9-11)22-10-15(16,17)18/h6-7,9,12H,2-5,8,10H2,1H3. The van der Waals surface area contributed by atoms with Gasteiger partial charge in [-0.05, 0) is 31.7 Å². The van der Waals surface area contributed by atoms with E-state index in [0.29, 0.717) is 12.1 Å². The van der Waals surface area contributed by atoms with E-state index in [4.69, 9.17) is 0 Å². The van der Waals surface area contributed by atoms with Gasteiger partial charge in [0.05, 0.1) is 5.56 Å². The van der Waals surface area contributed by atoms with Crippen LogP contribution in [0.4, 0.5) is 13.2 Å². The maximum atomic E-state index is 12.5. The highest BCUT2D eigenvalue weighted by Gasteiger charge is 2.29. The van der Waals surface area contributed by atoms with Crippen LogP contribution < -0.4 is 4.74 Å².